The van der Waals surface area contributed by atoms with Crippen molar-refractivity contribution in [2.45, 2.75) is 107 Å². The molecule has 5 heteroatoms. The van der Waals surface area contributed by atoms with E-state index in [1.165, 1.54) is 45.1 Å². The molecular formula is C37H50N2O2S. The van der Waals surface area contributed by atoms with Crippen LogP contribution < -0.4 is 10.0 Å². The first kappa shape index (κ1) is 34.9. The van der Waals surface area contributed by atoms with Gasteiger partial charge >= 0.3 is 0 Å². The number of benzene rings is 3. The van der Waals surface area contributed by atoms with Crippen LogP contribution in [0.3, 0.4) is 0 Å². The molecule has 1 amide bonds. The number of anilines is 1. The Balaban J connectivity index is 0.00000148. The molecule has 0 radical (unpaired) electrons. The van der Waals surface area contributed by atoms with Crippen LogP contribution in [0.2, 0.25) is 0 Å². The normalized spacial score (nSPS) is 11.3. The number of hydrogen-bond donors (Lipinski definition) is 1. The van der Waals surface area contributed by atoms with Crippen LogP contribution in [-0.4, -0.2) is 5.91 Å². The lowest BCUT2D eigenvalue weighted by molar-refractivity contribution is -0.644. The van der Waals surface area contributed by atoms with Gasteiger partial charge < -0.3 is 10.5 Å². The van der Waals surface area contributed by atoms with E-state index in [4.69, 9.17) is 0 Å². The zero-order valence-corrected chi connectivity index (χ0v) is 29.0. The molecule has 1 unspecified atom stereocenters. The third kappa shape index (κ3) is 6.67. The number of fused-ring (bicyclic) bond motifs is 1. The van der Waals surface area contributed by atoms with Gasteiger partial charge in [-0.25, -0.2) is 0 Å². The van der Waals surface area contributed by atoms with E-state index in [1.807, 2.05) is 58.0 Å². The van der Waals surface area contributed by atoms with Gasteiger partial charge in [-0.1, -0.05) is 45.9 Å². The van der Waals surface area contributed by atoms with Gasteiger partial charge in [-0.15, -0.1) is 0 Å². The molecule has 1 atom stereocenters. The van der Waals surface area contributed by atoms with Crippen molar-refractivity contribution in [3.8, 4) is 0 Å². The molecule has 42 heavy (non-hydrogen) atoms. The second-order valence-corrected chi connectivity index (χ2v) is 11.7. The molecule has 0 aliphatic carbocycles. The van der Waals surface area contributed by atoms with E-state index in [-0.39, 0.29) is 5.91 Å². The summed E-state index contributed by atoms with van der Waals surface area (Å²) in [5, 5.41) is 18.2. The zero-order chi connectivity index (χ0) is 32.0. The lowest BCUT2D eigenvalue weighted by Gasteiger charge is -2.26. The number of carbonyl (C=O) groups excluding carboxylic acids is 1. The molecule has 4 aromatic rings. The van der Waals surface area contributed by atoms with Crippen molar-refractivity contribution in [2.24, 2.45) is 0 Å². The summed E-state index contributed by atoms with van der Waals surface area (Å²) in [6, 6.07) is 9.70. The Bertz CT molecular complexity index is 1550. The number of nitrogens with one attached hydrogen (secondary N) is 1. The fourth-order valence-electron chi connectivity index (χ4n) is 5.40. The van der Waals surface area contributed by atoms with Crippen LogP contribution in [0.1, 0.15) is 94.1 Å². The highest BCUT2D eigenvalue weighted by molar-refractivity contribution is 8.00. The average molecular weight is 587 g/mol. The predicted molar refractivity (Wildman–Crippen MR) is 183 cm³/mol. The van der Waals surface area contributed by atoms with E-state index in [0.717, 1.165) is 49.0 Å². The van der Waals surface area contributed by atoms with Crippen LogP contribution in [0.5, 0.6) is 0 Å². The monoisotopic (exact) mass is 586 g/mol. The molecule has 0 saturated heterocycles. The maximum Gasteiger partial charge on any atom is 0.253 e. The van der Waals surface area contributed by atoms with Crippen molar-refractivity contribution in [1.82, 2.24) is 0 Å². The van der Waals surface area contributed by atoms with E-state index >= 15 is 0 Å². The first-order valence-corrected chi connectivity index (χ1v) is 16.0. The average Bonchev–Trinajstić information content (AvgIpc) is 3.00. The largest absolute Gasteiger partial charge is 0.618 e. The van der Waals surface area contributed by atoms with E-state index in [2.05, 4.69) is 74.6 Å². The minimum Gasteiger partial charge on any atom is -0.618 e. The molecule has 0 aliphatic heterocycles. The summed E-state index contributed by atoms with van der Waals surface area (Å²) in [6.07, 6.45) is 1.60. The molecule has 0 saturated carbocycles. The van der Waals surface area contributed by atoms with Crippen LogP contribution >= 0.6 is 11.8 Å². The van der Waals surface area contributed by atoms with Crippen LogP contribution in [0.15, 0.2) is 41.6 Å². The fraction of sp³-hybridized carbons (Fsp3) is 0.405. The van der Waals surface area contributed by atoms with Crippen molar-refractivity contribution in [1.29, 1.82) is 0 Å². The number of hydrogen-bond acceptors (Lipinski definition) is 3. The summed E-state index contributed by atoms with van der Waals surface area (Å²) >= 11 is 1.32. The molecule has 1 aromatic heterocycles. The maximum atomic E-state index is 14.3. The number of thioether (sulfide) groups is 1. The number of nitrogens with zero attached hydrogens (tertiary/aromatic N) is 1. The third-order valence-corrected chi connectivity index (χ3v) is 10.0. The van der Waals surface area contributed by atoms with Gasteiger partial charge in [-0.05, 0) is 154 Å². The highest BCUT2D eigenvalue weighted by atomic mass is 32.2. The summed E-state index contributed by atoms with van der Waals surface area (Å²) in [5.41, 5.74) is 13.5. The number of pyridine rings is 1. The van der Waals surface area contributed by atoms with Gasteiger partial charge in [0.15, 0.2) is 6.20 Å². The molecule has 1 heterocycles. The van der Waals surface area contributed by atoms with Gasteiger partial charge in [0, 0.05) is 17.1 Å². The molecule has 226 valence electrons. The fourth-order valence-corrected chi connectivity index (χ4v) is 6.63. The summed E-state index contributed by atoms with van der Waals surface area (Å²) in [6.45, 7) is 29.0. The Kier molecular flexibility index (Phi) is 12.2. The van der Waals surface area contributed by atoms with E-state index in [9.17, 15) is 10.0 Å². The third-order valence-electron chi connectivity index (χ3n) is 8.79. The van der Waals surface area contributed by atoms with Crippen LogP contribution in [0.25, 0.3) is 10.8 Å². The summed E-state index contributed by atoms with van der Waals surface area (Å²) in [5.74, 6) is -0.120. The molecule has 4 rings (SSSR count). The molecule has 1 N–H and O–H groups in total. The van der Waals surface area contributed by atoms with Crippen molar-refractivity contribution in [2.75, 3.05) is 5.32 Å². The smallest absolute Gasteiger partial charge is 0.253 e. The van der Waals surface area contributed by atoms with Crippen LogP contribution in [0.4, 0.5) is 5.69 Å². The maximum absolute atomic E-state index is 14.3. The molecule has 3 aromatic carbocycles. The number of aromatic nitrogens is 1. The quantitative estimate of drug-likeness (QED) is 0.144. The summed E-state index contributed by atoms with van der Waals surface area (Å²) in [7, 11) is 0. The number of carbonyl (C=O) groups is 1. The molecular weight excluding hydrogens is 536 g/mol. The minimum atomic E-state index is -0.602. The molecule has 0 spiro atoms. The van der Waals surface area contributed by atoms with Gasteiger partial charge in [0.25, 0.3) is 5.03 Å². The highest BCUT2D eigenvalue weighted by Crippen LogP contribution is 2.42. The van der Waals surface area contributed by atoms with Gasteiger partial charge in [-0.3, -0.25) is 4.79 Å². The van der Waals surface area contributed by atoms with Gasteiger partial charge in [0.05, 0.1) is 0 Å². The summed E-state index contributed by atoms with van der Waals surface area (Å²) in [4.78, 5) is 14.3. The topological polar surface area (TPSA) is 56.0 Å². The Labute approximate surface area is 258 Å². The number of amides is 1. The lowest BCUT2D eigenvalue weighted by Crippen LogP contribution is -2.30. The zero-order valence-electron chi connectivity index (χ0n) is 28.2. The van der Waals surface area contributed by atoms with Crippen LogP contribution in [0, 0.1) is 74.4 Å². The molecule has 0 aliphatic rings. The predicted octanol–water partition coefficient (Wildman–Crippen LogP) is 10.1. The Hall–Kier alpha value is -3.31. The Morgan fingerprint density at radius 3 is 1.55 bits per heavy atom. The van der Waals surface area contributed by atoms with Crippen molar-refractivity contribution in [3.63, 3.8) is 0 Å². The van der Waals surface area contributed by atoms with Gasteiger partial charge in [0.2, 0.25) is 5.91 Å². The lowest BCUT2D eigenvalue weighted by atomic mass is 9.87. The van der Waals surface area contributed by atoms with E-state index < -0.39 is 5.25 Å². The van der Waals surface area contributed by atoms with Crippen molar-refractivity contribution in [3.05, 3.63) is 103 Å². The second-order valence-electron chi connectivity index (χ2n) is 10.6. The SMILES string of the molecule is CC.CC.Cc1c(C)c(C)c(NC(=O)C(Sc2cc3ccccc3c[n+]2[O-])c2c(C)c(C)c(C)c(C)c2C)c(C)c1C. The molecule has 0 fully saturated rings. The number of rotatable bonds is 5. The minimum absolute atomic E-state index is 0.120. The summed E-state index contributed by atoms with van der Waals surface area (Å²) < 4.78 is 0.891. The Morgan fingerprint density at radius 2 is 1.07 bits per heavy atom. The van der Waals surface area contributed by atoms with Crippen molar-refractivity contribution < 1.29 is 9.52 Å². The van der Waals surface area contributed by atoms with E-state index in [0.29, 0.717) is 5.03 Å². The van der Waals surface area contributed by atoms with Gasteiger partial charge in [-0.2, -0.15) is 4.73 Å². The van der Waals surface area contributed by atoms with Gasteiger partial charge in [0.1, 0.15) is 5.25 Å². The van der Waals surface area contributed by atoms with Crippen LogP contribution in [-0.2, 0) is 4.79 Å². The highest BCUT2D eigenvalue weighted by Gasteiger charge is 2.31. The van der Waals surface area contributed by atoms with Crippen molar-refractivity contribution >= 4 is 34.1 Å². The standard InChI is InChI=1S/C33H38N2O2S.2C2H6/c1-17-19(3)23(7)30(24(8)20(17)4)32(38-29-15-27-13-11-12-14-28(27)16-35(29)37)33(36)34-31-25(9)21(5)18(2)22(6)26(31)10;2*1-2/h11-16,32H,1-10H3,(H,34,36);2*1-2H3. The molecule has 4 nitrogen and oxygen atoms in total. The Morgan fingerprint density at radius 1 is 0.667 bits per heavy atom. The van der Waals surface area contributed by atoms with E-state index in [1.54, 1.807) is 6.20 Å². The first-order valence-electron chi connectivity index (χ1n) is 15.1. The first-order chi connectivity index (χ1) is 19.8. The second kappa shape index (κ2) is 14.7. The molecule has 0 bridgehead atoms.